The Bertz CT molecular complexity index is 1840. The molecule has 0 saturated carbocycles. The van der Waals surface area contributed by atoms with Gasteiger partial charge in [-0.1, -0.05) is 70.7 Å². The highest BCUT2D eigenvalue weighted by atomic mass is 16.6. The number of rotatable bonds is 17. The second-order valence-electron chi connectivity index (χ2n) is 17.8. The van der Waals surface area contributed by atoms with E-state index in [9.17, 15) is 19.2 Å². The lowest BCUT2D eigenvalue weighted by Crippen LogP contribution is -2.51. The Labute approximate surface area is 391 Å². The van der Waals surface area contributed by atoms with Crippen LogP contribution in [0.25, 0.3) is 17.0 Å². The van der Waals surface area contributed by atoms with Crippen LogP contribution >= 0.6 is 0 Å². The molecule has 3 fully saturated rings. The molecule has 14 nitrogen and oxygen atoms in total. The van der Waals surface area contributed by atoms with Crippen LogP contribution < -0.4 is 10.6 Å². The summed E-state index contributed by atoms with van der Waals surface area (Å²) in [7, 11) is 9.87. The molecule has 0 spiro atoms. The van der Waals surface area contributed by atoms with Crippen molar-refractivity contribution in [1.82, 2.24) is 39.6 Å². The predicted octanol–water partition coefficient (Wildman–Crippen LogP) is 7.20. The highest BCUT2D eigenvalue weighted by Crippen LogP contribution is 2.27. The summed E-state index contributed by atoms with van der Waals surface area (Å²) in [6.45, 7) is 18.3. The number of piperidine rings is 2. The van der Waals surface area contributed by atoms with Gasteiger partial charge in [0.2, 0.25) is 6.41 Å². The van der Waals surface area contributed by atoms with Gasteiger partial charge in [0.15, 0.2) is 6.73 Å². The van der Waals surface area contributed by atoms with E-state index in [1.807, 2.05) is 50.4 Å². The standard InChI is InChI=1S/C21H32N4O3.C16H20N2O2.C11H23N3.C3H8/c1-5-6-7-8-9-24(4)21(27)28-15-25-20-16(2)10-17(11-18(20)13-23-25)12-19(14-26)22-3;1-17-16-5-3-2-4-14(16)10-15(11-19)13-6-8-18(12-20)9-7-13;1-12-5-3-11(4-6-12)14-9-7-13(2)8-10-14;1-3-2/h10-11,13-14,19,22H,5-9,12,15H2,1-4H3;2-5,10-13,17H,6-9H2,1H3;11H,3-10H2,1-2H3;3H2,1-2H3/b;15-10+;;. The molecule has 65 heavy (non-hydrogen) atoms. The van der Waals surface area contributed by atoms with Crippen molar-refractivity contribution in [2.75, 3.05) is 99.5 Å². The molecule has 1 aromatic heterocycles. The van der Waals surface area contributed by atoms with Gasteiger partial charge in [-0.05, 0) is 126 Å². The quantitative estimate of drug-likeness (QED) is 0.0809. The topological polar surface area (TPSA) is 136 Å². The monoisotopic (exact) mass is 902 g/mol. The van der Waals surface area contributed by atoms with Gasteiger partial charge in [0.25, 0.3) is 0 Å². The number of aldehydes is 2. The lowest BCUT2D eigenvalue weighted by atomic mass is 9.88. The van der Waals surface area contributed by atoms with E-state index in [-0.39, 0.29) is 24.8 Å². The molecule has 362 valence electrons. The minimum absolute atomic E-state index is 0.0787. The molecule has 14 heteroatoms. The Balaban J connectivity index is 0.000000264. The van der Waals surface area contributed by atoms with Crippen LogP contribution in [0.3, 0.4) is 0 Å². The number of aryl methyl sites for hydroxylation is 1. The zero-order valence-corrected chi connectivity index (χ0v) is 41.4. The Hall–Kier alpha value is -4.63. The number of benzene rings is 2. The molecule has 0 aliphatic carbocycles. The molecule has 6 rings (SSSR count). The molecule has 3 aliphatic heterocycles. The number of fused-ring (bicyclic) bond motifs is 1. The van der Waals surface area contributed by atoms with Crippen molar-refractivity contribution >= 4 is 47.7 Å². The van der Waals surface area contributed by atoms with E-state index in [1.54, 1.807) is 34.8 Å². The van der Waals surface area contributed by atoms with Crippen molar-refractivity contribution in [2.45, 2.75) is 111 Å². The number of piperazine rings is 1. The first-order valence-corrected chi connectivity index (χ1v) is 24.1. The third-order valence-corrected chi connectivity index (χ3v) is 12.5. The van der Waals surface area contributed by atoms with Crippen LogP contribution in [0.1, 0.15) is 95.2 Å². The summed E-state index contributed by atoms with van der Waals surface area (Å²) in [4.78, 5) is 56.3. The molecule has 2 amide bonds. The van der Waals surface area contributed by atoms with E-state index in [0.717, 1.165) is 103 Å². The first-order chi connectivity index (χ1) is 31.4. The number of nitrogens with one attached hydrogen (secondary N) is 2. The van der Waals surface area contributed by atoms with Gasteiger partial charge >= 0.3 is 6.09 Å². The highest BCUT2D eigenvalue weighted by molar-refractivity contribution is 5.85. The van der Waals surface area contributed by atoms with E-state index in [4.69, 9.17) is 4.74 Å². The summed E-state index contributed by atoms with van der Waals surface area (Å²) in [5, 5.41) is 11.5. The molecule has 0 radical (unpaired) electrons. The lowest BCUT2D eigenvalue weighted by molar-refractivity contribution is -0.119. The maximum Gasteiger partial charge on any atom is 0.411 e. The van der Waals surface area contributed by atoms with Crippen LogP contribution in [-0.4, -0.2) is 166 Å². The number of likely N-dealkylation sites (tertiary alicyclic amines) is 2. The molecule has 2 N–H and O–H groups in total. The Morgan fingerprint density at radius 2 is 1.55 bits per heavy atom. The first kappa shape index (κ1) is 54.7. The van der Waals surface area contributed by atoms with E-state index in [1.165, 1.54) is 71.4 Å². The molecule has 1 unspecified atom stereocenters. The molecule has 3 saturated heterocycles. The molecule has 3 aromatic rings. The number of likely N-dealkylation sites (N-methyl/N-ethyl adjacent to an activating group) is 2. The summed E-state index contributed by atoms with van der Waals surface area (Å²) in [6, 6.07) is 12.7. The molecular formula is C51H83N9O5. The second kappa shape index (κ2) is 30.6. The number of anilines is 1. The number of amides is 2. The van der Waals surface area contributed by atoms with Crippen LogP contribution in [-0.2, 0) is 32.3 Å². The Morgan fingerprint density at radius 1 is 0.892 bits per heavy atom. The van der Waals surface area contributed by atoms with Crippen LogP contribution in [0.4, 0.5) is 10.5 Å². The van der Waals surface area contributed by atoms with Gasteiger partial charge in [0, 0.05) is 77.0 Å². The van der Waals surface area contributed by atoms with Gasteiger partial charge in [-0.2, -0.15) is 5.10 Å². The van der Waals surface area contributed by atoms with Gasteiger partial charge in [0.1, 0.15) is 12.6 Å². The molecule has 3 aliphatic rings. The number of hydrogen-bond acceptors (Lipinski definition) is 11. The summed E-state index contributed by atoms with van der Waals surface area (Å²) >= 11 is 0. The van der Waals surface area contributed by atoms with Crippen molar-refractivity contribution in [1.29, 1.82) is 0 Å². The van der Waals surface area contributed by atoms with Gasteiger partial charge in [-0.3, -0.25) is 14.5 Å². The van der Waals surface area contributed by atoms with Crippen LogP contribution in [0.15, 0.2) is 48.2 Å². The zero-order chi connectivity index (χ0) is 47.6. The Morgan fingerprint density at radius 3 is 2.15 bits per heavy atom. The number of carbonyl (C=O) groups excluding carboxylic acids is 4. The Kier molecular flexibility index (Phi) is 25.7. The van der Waals surface area contributed by atoms with Gasteiger partial charge in [-0.15, -0.1) is 0 Å². The predicted molar refractivity (Wildman–Crippen MR) is 266 cm³/mol. The van der Waals surface area contributed by atoms with Crippen molar-refractivity contribution < 1.29 is 23.9 Å². The van der Waals surface area contributed by atoms with Crippen LogP contribution in [0.5, 0.6) is 0 Å². The van der Waals surface area contributed by atoms with Crippen molar-refractivity contribution in [3.05, 3.63) is 64.9 Å². The normalized spacial score (nSPS) is 17.1. The van der Waals surface area contributed by atoms with E-state index >= 15 is 0 Å². The van der Waals surface area contributed by atoms with Crippen molar-refractivity contribution in [3.63, 3.8) is 0 Å². The number of unbranched alkanes of at least 4 members (excludes halogenated alkanes) is 3. The molecule has 2 aromatic carbocycles. The number of hydrogen-bond donors (Lipinski definition) is 2. The maximum absolute atomic E-state index is 12.2. The van der Waals surface area contributed by atoms with E-state index in [0.29, 0.717) is 13.0 Å². The van der Waals surface area contributed by atoms with Crippen LogP contribution in [0, 0.1) is 12.8 Å². The number of aromatic nitrogens is 2. The third-order valence-electron chi connectivity index (χ3n) is 12.5. The molecular weight excluding hydrogens is 819 g/mol. The summed E-state index contributed by atoms with van der Waals surface area (Å²) < 4.78 is 7.13. The van der Waals surface area contributed by atoms with Crippen molar-refractivity contribution in [3.8, 4) is 0 Å². The molecule has 4 heterocycles. The largest absolute Gasteiger partial charge is 0.426 e. The zero-order valence-electron chi connectivity index (χ0n) is 41.4. The number of nitrogens with zero attached hydrogens (tertiary/aromatic N) is 7. The highest BCUT2D eigenvalue weighted by Gasteiger charge is 2.25. The number of para-hydroxylation sites is 1. The smallest absolute Gasteiger partial charge is 0.411 e. The summed E-state index contributed by atoms with van der Waals surface area (Å²) in [5.41, 5.74) is 5.90. The SMILES string of the molecule is CCC.CCCCCCN(C)C(=O)OCn1ncc2cc(CC(C=O)NC)cc(C)c21.CN1CCC(N2CCN(C)CC2)CC1.CNc1ccccc1/C=C(\C=O)C1CCN(C=O)CC1. The van der Waals surface area contributed by atoms with Crippen molar-refractivity contribution in [2.24, 2.45) is 5.92 Å². The second-order valence-corrected chi connectivity index (χ2v) is 17.8. The fourth-order valence-corrected chi connectivity index (χ4v) is 8.47. The van der Waals surface area contributed by atoms with E-state index < -0.39 is 0 Å². The fraction of sp³-hybridized carbons (Fsp3) is 0.627. The van der Waals surface area contributed by atoms with Gasteiger partial charge in [0.05, 0.1) is 17.8 Å². The number of carbonyl (C=O) groups is 4. The summed E-state index contributed by atoms with van der Waals surface area (Å²) in [5.74, 6) is 0.244. The summed E-state index contributed by atoms with van der Waals surface area (Å²) in [6.07, 6.45) is 16.9. The minimum atomic E-state index is -0.336. The lowest BCUT2D eigenvalue weighted by Gasteiger charge is -2.41. The molecule has 0 bridgehead atoms. The average molecular weight is 902 g/mol. The van der Waals surface area contributed by atoms with Gasteiger partial charge < -0.3 is 39.8 Å². The third kappa shape index (κ3) is 18.6. The fourth-order valence-electron chi connectivity index (χ4n) is 8.47. The maximum atomic E-state index is 12.2. The average Bonchev–Trinajstić information content (AvgIpc) is 3.75. The first-order valence-electron chi connectivity index (χ1n) is 24.1. The molecule has 1 atom stereocenters. The number of ether oxygens (including phenoxy) is 1. The van der Waals surface area contributed by atoms with E-state index in [2.05, 4.69) is 71.4 Å². The minimum Gasteiger partial charge on any atom is -0.426 e. The van der Waals surface area contributed by atoms with Gasteiger partial charge in [-0.25, -0.2) is 9.48 Å². The van der Waals surface area contributed by atoms with Crippen LogP contribution in [0.2, 0.25) is 0 Å². The number of allylic oxidation sites excluding steroid dienone is 1.